The molecule has 33 heavy (non-hydrogen) atoms. The molecule has 0 aliphatic carbocycles. The molecule has 4 aromatic rings. The van der Waals surface area contributed by atoms with Crippen molar-refractivity contribution in [3.05, 3.63) is 86.2 Å². The van der Waals surface area contributed by atoms with E-state index in [1.807, 2.05) is 13.8 Å². The van der Waals surface area contributed by atoms with Gasteiger partial charge in [0.05, 0.1) is 17.0 Å². The highest BCUT2D eigenvalue weighted by atomic mass is 32.1. The highest BCUT2D eigenvalue weighted by Crippen LogP contribution is 2.42. The number of aryl methyl sites for hydroxylation is 2. The van der Waals surface area contributed by atoms with Gasteiger partial charge in [-0.3, -0.25) is 19.3 Å². The van der Waals surface area contributed by atoms with E-state index in [0.717, 1.165) is 11.1 Å². The molecule has 0 spiro atoms. The molecule has 0 saturated heterocycles. The predicted octanol–water partition coefficient (Wildman–Crippen LogP) is 3.48. The van der Waals surface area contributed by atoms with Crippen molar-refractivity contribution in [2.75, 3.05) is 11.5 Å². The topological polar surface area (TPSA) is 116 Å². The lowest BCUT2D eigenvalue weighted by molar-refractivity contribution is -0.119. The minimum atomic E-state index is -0.717. The minimum absolute atomic E-state index is 0.0185. The number of ether oxygens (including phenoxy) is 1. The van der Waals surface area contributed by atoms with Crippen molar-refractivity contribution in [2.45, 2.75) is 19.9 Å². The largest absolute Gasteiger partial charge is 0.484 e. The van der Waals surface area contributed by atoms with E-state index < -0.39 is 17.9 Å². The number of anilines is 1. The molecule has 1 aliphatic rings. The first-order valence-electron chi connectivity index (χ1n) is 10.2. The summed E-state index contributed by atoms with van der Waals surface area (Å²) >= 11 is 1.30. The van der Waals surface area contributed by atoms with Crippen molar-refractivity contribution in [1.82, 2.24) is 4.98 Å². The van der Waals surface area contributed by atoms with E-state index in [-0.39, 0.29) is 23.4 Å². The number of thiazole rings is 1. The summed E-state index contributed by atoms with van der Waals surface area (Å²) in [6.07, 6.45) is 1.60. The fourth-order valence-corrected chi connectivity index (χ4v) is 4.64. The van der Waals surface area contributed by atoms with Gasteiger partial charge in [0, 0.05) is 11.6 Å². The second kappa shape index (κ2) is 7.86. The molecule has 2 amide bonds. The summed E-state index contributed by atoms with van der Waals surface area (Å²) in [5, 5.41) is 2.65. The Balaban J connectivity index is 1.69. The number of nitrogens with two attached hydrogens (primary N) is 1. The lowest BCUT2D eigenvalue weighted by atomic mass is 9.97. The lowest BCUT2D eigenvalue weighted by Gasteiger charge is -2.22. The van der Waals surface area contributed by atoms with E-state index in [2.05, 4.69) is 4.98 Å². The maximum Gasteiger partial charge on any atom is 0.297 e. The van der Waals surface area contributed by atoms with Gasteiger partial charge >= 0.3 is 0 Å². The van der Waals surface area contributed by atoms with E-state index in [1.54, 1.807) is 48.0 Å². The number of nitrogens with zero attached hydrogens (tertiary/aromatic N) is 2. The van der Waals surface area contributed by atoms with Gasteiger partial charge in [-0.25, -0.2) is 4.98 Å². The van der Waals surface area contributed by atoms with Gasteiger partial charge in [0.15, 0.2) is 17.2 Å². The normalized spacial score (nSPS) is 15.2. The summed E-state index contributed by atoms with van der Waals surface area (Å²) < 4.78 is 11.3. The number of carbonyl (C=O) groups is 2. The van der Waals surface area contributed by atoms with Crippen LogP contribution in [0.3, 0.4) is 0 Å². The van der Waals surface area contributed by atoms with Gasteiger partial charge in [0.2, 0.25) is 5.76 Å². The average Bonchev–Trinajstić information content (AvgIpc) is 3.41. The van der Waals surface area contributed by atoms with Gasteiger partial charge in [-0.15, -0.1) is 11.3 Å². The van der Waals surface area contributed by atoms with E-state index >= 15 is 0 Å². The Bertz CT molecular complexity index is 1460. The molecule has 1 atom stereocenters. The average molecular weight is 461 g/mol. The summed E-state index contributed by atoms with van der Waals surface area (Å²) in [6, 6.07) is 9.68. The van der Waals surface area contributed by atoms with Crippen LogP contribution in [0.5, 0.6) is 5.75 Å². The molecule has 166 valence electrons. The molecule has 3 heterocycles. The Kier molecular flexibility index (Phi) is 4.98. The molecule has 0 bridgehead atoms. The van der Waals surface area contributed by atoms with Gasteiger partial charge < -0.3 is 14.9 Å². The van der Waals surface area contributed by atoms with Crippen molar-refractivity contribution in [3.8, 4) is 5.75 Å². The second-order valence-corrected chi connectivity index (χ2v) is 8.70. The summed E-state index contributed by atoms with van der Waals surface area (Å²) in [4.78, 5) is 43.9. The number of rotatable bonds is 5. The SMILES string of the molecule is Cc1cc2oc3c(c(=O)c2cc1C)C(c1ccc(OCC(N)=O)cc1)N(c1nccs1)C3=O. The number of fused-ring (bicyclic) bond motifs is 2. The summed E-state index contributed by atoms with van der Waals surface area (Å²) in [5.74, 6) is -0.542. The molecule has 1 aliphatic heterocycles. The monoisotopic (exact) mass is 461 g/mol. The molecule has 2 aromatic heterocycles. The van der Waals surface area contributed by atoms with Crippen LogP contribution in [0.1, 0.15) is 38.9 Å². The van der Waals surface area contributed by atoms with Crippen molar-refractivity contribution in [3.63, 3.8) is 0 Å². The third-order valence-electron chi connectivity index (χ3n) is 5.69. The fraction of sp³-hybridized carbons (Fsp3) is 0.167. The summed E-state index contributed by atoms with van der Waals surface area (Å²) in [5.41, 5.74) is 8.15. The number of hydrogen-bond donors (Lipinski definition) is 1. The van der Waals surface area contributed by atoms with Crippen LogP contribution in [-0.4, -0.2) is 23.4 Å². The van der Waals surface area contributed by atoms with Crippen molar-refractivity contribution in [1.29, 1.82) is 0 Å². The summed E-state index contributed by atoms with van der Waals surface area (Å²) in [7, 11) is 0. The predicted molar refractivity (Wildman–Crippen MR) is 124 cm³/mol. The van der Waals surface area contributed by atoms with Gasteiger partial charge in [0.25, 0.3) is 11.8 Å². The van der Waals surface area contributed by atoms with E-state index in [1.165, 1.54) is 16.2 Å². The Morgan fingerprint density at radius 2 is 1.91 bits per heavy atom. The Labute approximate surface area is 192 Å². The molecule has 0 radical (unpaired) electrons. The van der Waals surface area contributed by atoms with Crippen LogP contribution in [0, 0.1) is 13.8 Å². The van der Waals surface area contributed by atoms with Crippen LogP contribution < -0.4 is 20.8 Å². The number of carbonyl (C=O) groups excluding carboxylic acids is 2. The standard InChI is InChI=1S/C24H19N3O5S/c1-12-9-16-17(10-13(12)2)32-22-19(21(16)29)20(27(23(22)30)24-26-7-8-33-24)14-3-5-15(6-4-14)31-11-18(25)28/h3-10,20H,11H2,1-2H3,(H2,25,28). The van der Waals surface area contributed by atoms with Crippen LogP contribution in [-0.2, 0) is 4.79 Å². The first kappa shape index (κ1) is 20.9. The van der Waals surface area contributed by atoms with Crippen LogP contribution in [0.2, 0.25) is 0 Å². The smallest absolute Gasteiger partial charge is 0.297 e. The molecule has 0 saturated carbocycles. The van der Waals surface area contributed by atoms with Gasteiger partial charge in [-0.05, 0) is 54.8 Å². The molecule has 2 aromatic carbocycles. The quantitative estimate of drug-likeness (QED) is 0.486. The first-order valence-corrected chi connectivity index (χ1v) is 11.0. The van der Waals surface area contributed by atoms with Crippen LogP contribution in [0.15, 0.2) is 57.2 Å². The number of aromatic nitrogens is 1. The molecule has 1 unspecified atom stereocenters. The molecule has 8 nitrogen and oxygen atoms in total. The summed E-state index contributed by atoms with van der Waals surface area (Å²) in [6.45, 7) is 3.61. The maximum absolute atomic E-state index is 13.6. The molecule has 0 fully saturated rings. The van der Waals surface area contributed by atoms with E-state index in [0.29, 0.717) is 27.4 Å². The third kappa shape index (κ3) is 3.46. The van der Waals surface area contributed by atoms with E-state index in [9.17, 15) is 14.4 Å². The Morgan fingerprint density at radius 1 is 1.18 bits per heavy atom. The third-order valence-corrected chi connectivity index (χ3v) is 6.46. The molecular formula is C24H19N3O5S. The van der Waals surface area contributed by atoms with Crippen molar-refractivity contribution < 1.29 is 18.7 Å². The zero-order valence-corrected chi connectivity index (χ0v) is 18.6. The highest BCUT2D eigenvalue weighted by Gasteiger charge is 2.44. The zero-order chi connectivity index (χ0) is 23.3. The first-order chi connectivity index (χ1) is 15.8. The number of primary amides is 1. The molecule has 5 rings (SSSR count). The number of hydrogen-bond acceptors (Lipinski definition) is 7. The fourth-order valence-electron chi connectivity index (χ4n) is 3.98. The van der Waals surface area contributed by atoms with Crippen molar-refractivity contribution in [2.24, 2.45) is 5.73 Å². The second-order valence-electron chi connectivity index (χ2n) is 7.82. The molecule has 2 N–H and O–H groups in total. The van der Waals surface area contributed by atoms with Crippen molar-refractivity contribution >= 4 is 39.3 Å². The van der Waals surface area contributed by atoms with Gasteiger partial charge in [0.1, 0.15) is 11.3 Å². The number of benzene rings is 2. The minimum Gasteiger partial charge on any atom is -0.484 e. The van der Waals surface area contributed by atoms with Crippen LogP contribution in [0.4, 0.5) is 5.13 Å². The van der Waals surface area contributed by atoms with Crippen LogP contribution in [0.25, 0.3) is 11.0 Å². The Morgan fingerprint density at radius 3 is 2.58 bits per heavy atom. The van der Waals surface area contributed by atoms with Gasteiger partial charge in [-0.2, -0.15) is 0 Å². The number of amides is 2. The Hall–Kier alpha value is -3.98. The highest BCUT2D eigenvalue weighted by molar-refractivity contribution is 7.13. The van der Waals surface area contributed by atoms with E-state index in [4.69, 9.17) is 14.9 Å². The van der Waals surface area contributed by atoms with Crippen LogP contribution >= 0.6 is 11.3 Å². The lowest BCUT2D eigenvalue weighted by Crippen LogP contribution is -2.29. The molecule has 9 heteroatoms. The maximum atomic E-state index is 13.6. The van der Waals surface area contributed by atoms with Gasteiger partial charge in [-0.1, -0.05) is 12.1 Å². The zero-order valence-electron chi connectivity index (χ0n) is 17.8. The molecular weight excluding hydrogens is 442 g/mol.